The molecule has 0 bridgehead atoms. The summed E-state index contributed by atoms with van der Waals surface area (Å²) in [7, 11) is 5.19. The lowest BCUT2D eigenvalue weighted by atomic mass is 9.69. The van der Waals surface area contributed by atoms with Gasteiger partial charge in [-0.1, -0.05) is 50.2 Å². The molecule has 0 N–H and O–H groups in total. The summed E-state index contributed by atoms with van der Waals surface area (Å²) in [4.78, 5) is 14.0. The molecule has 172 valence electrons. The van der Waals surface area contributed by atoms with Crippen LogP contribution in [0, 0.1) is 17.2 Å². The fourth-order valence-electron chi connectivity index (χ4n) is 4.15. The Morgan fingerprint density at radius 1 is 1.09 bits per heavy atom. The predicted molar refractivity (Wildman–Crippen MR) is 128 cm³/mol. The SMILES string of the molecule is COCc1cccc(C(C#N)(CCCN(C)CCc2cccc(C(=O)OC)c2)C(C)C)c1. The second-order valence-electron chi connectivity index (χ2n) is 8.72. The Morgan fingerprint density at radius 3 is 2.47 bits per heavy atom. The number of hydrogen-bond acceptors (Lipinski definition) is 5. The third-order valence-electron chi connectivity index (χ3n) is 6.18. The average molecular weight is 437 g/mol. The van der Waals surface area contributed by atoms with Crippen molar-refractivity contribution in [1.29, 1.82) is 5.26 Å². The molecular formula is C27H36N2O3. The Morgan fingerprint density at radius 2 is 1.81 bits per heavy atom. The van der Waals surface area contributed by atoms with Crippen molar-refractivity contribution in [3.05, 3.63) is 70.8 Å². The second kappa shape index (κ2) is 12.4. The maximum Gasteiger partial charge on any atom is 0.337 e. The van der Waals surface area contributed by atoms with Gasteiger partial charge in [0.15, 0.2) is 0 Å². The average Bonchev–Trinajstić information content (AvgIpc) is 2.80. The van der Waals surface area contributed by atoms with E-state index in [1.165, 1.54) is 7.11 Å². The molecule has 2 aromatic carbocycles. The highest BCUT2D eigenvalue weighted by molar-refractivity contribution is 5.89. The summed E-state index contributed by atoms with van der Waals surface area (Å²) in [5, 5.41) is 10.2. The molecule has 0 aliphatic rings. The zero-order valence-electron chi connectivity index (χ0n) is 20.1. The fourth-order valence-corrected chi connectivity index (χ4v) is 4.15. The molecule has 1 unspecified atom stereocenters. The van der Waals surface area contributed by atoms with Gasteiger partial charge in [-0.05, 0) is 67.6 Å². The van der Waals surface area contributed by atoms with E-state index in [2.05, 4.69) is 44.0 Å². The Hall–Kier alpha value is -2.68. The van der Waals surface area contributed by atoms with Crippen LogP contribution < -0.4 is 0 Å². The van der Waals surface area contributed by atoms with Crippen molar-refractivity contribution in [2.75, 3.05) is 34.4 Å². The smallest absolute Gasteiger partial charge is 0.337 e. The van der Waals surface area contributed by atoms with E-state index < -0.39 is 5.41 Å². The molecule has 0 aromatic heterocycles. The molecule has 0 heterocycles. The van der Waals surface area contributed by atoms with Crippen molar-refractivity contribution in [3.8, 4) is 6.07 Å². The molecule has 5 heteroatoms. The molecule has 0 aliphatic heterocycles. The van der Waals surface area contributed by atoms with Gasteiger partial charge in [-0.3, -0.25) is 0 Å². The van der Waals surface area contributed by atoms with Crippen molar-refractivity contribution < 1.29 is 14.3 Å². The summed E-state index contributed by atoms with van der Waals surface area (Å²) in [6.07, 6.45) is 2.59. The lowest BCUT2D eigenvalue weighted by Gasteiger charge is -2.32. The Bertz CT molecular complexity index is 919. The van der Waals surface area contributed by atoms with Gasteiger partial charge >= 0.3 is 5.97 Å². The number of likely N-dealkylation sites (N-methyl/N-ethyl adjacent to an activating group) is 1. The zero-order chi connectivity index (χ0) is 23.6. The van der Waals surface area contributed by atoms with Crippen LogP contribution in [0.2, 0.25) is 0 Å². The van der Waals surface area contributed by atoms with E-state index in [-0.39, 0.29) is 11.9 Å². The molecule has 0 fully saturated rings. The van der Waals surface area contributed by atoms with Crippen LogP contribution >= 0.6 is 0 Å². The number of rotatable bonds is 12. The highest BCUT2D eigenvalue weighted by atomic mass is 16.5. The second-order valence-corrected chi connectivity index (χ2v) is 8.72. The molecular weight excluding hydrogens is 400 g/mol. The van der Waals surface area contributed by atoms with E-state index in [0.29, 0.717) is 12.2 Å². The largest absolute Gasteiger partial charge is 0.465 e. The van der Waals surface area contributed by atoms with E-state index in [0.717, 1.165) is 49.0 Å². The van der Waals surface area contributed by atoms with E-state index in [4.69, 9.17) is 9.47 Å². The van der Waals surface area contributed by atoms with Gasteiger partial charge in [-0.15, -0.1) is 0 Å². The maximum atomic E-state index is 11.7. The van der Waals surface area contributed by atoms with Gasteiger partial charge in [0, 0.05) is 13.7 Å². The minimum absolute atomic E-state index is 0.205. The summed E-state index contributed by atoms with van der Waals surface area (Å²) in [5.41, 5.74) is 3.35. The summed E-state index contributed by atoms with van der Waals surface area (Å²) >= 11 is 0. The van der Waals surface area contributed by atoms with E-state index in [1.807, 2.05) is 30.3 Å². The van der Waals surface area contributed by atoms with E-state index in [9.17, 15) is 10.1 Å². The molecule has 0 aliphatic carbocycles. The highest BCUT2D eigenvalue weighted by Crippen LogP contribution is 2.37. The fraction of sp³-hybridized carbons (Fsp3) is 0.481. The first-order valence-electron chi connectivity index (χ1n) is 11.2. The van der Waals surface area contributed by atoms with Crippen LogP contribution in [0.1, 0.15) is 53.7 Å². The van der Waals surface area contributed by atoms with Crippen molar-refractivity contribution in [3.63, 3.8) is 0 Å². The van der Waals surface area contributed by atoms with Crippen LogP contribution in [-0.2, 0) is 27.9 Å². The Kier molecular flexibility index (Phi) is 9.90. The van der Waals surface area contributed by atoms with E-state index in [1.54, 1.807) is 13.2 Å². The van der Waals surface area contributed by atoms with Gasteiger partial charge in [0.2, 0.25) is 0 Å². The minimum Gasteiger partial charge on any atom is -0.465 e. The van der Waals surface area contributed by atoms with Gasteiger partial charge < -0.3 is 14.4 Å². The number of carbonyl (C=O) groups is 1. The highest BCUT2D eigenvalue weighted by Gasteiger charge is 2.35. The molecule has 0 saturated carbocycles. The number of esters is 1. The number of nitriles is 1. The summed E-state index contributed by atoms with van der Waals surface area (Å²) < 4.78 is 10.1. The van der Waals surface area contributed by atoms with Crippen molar-refractivity contribution in [1.82, 2.24) is 4.90 Å². The predicted octanol–water partition coefficient (Wildman–Crippen LogP) is 4.99. The van der Waals surface area contributed by atoms with Crippen LogP contribution in [0.3, 0.4) is 0 Å². The molecule has 32 heavy (non-hydrogen) atoms. The monoisotopic (exact) mass is 436 g/mol. The number of hydrogen-bond donors (Lipinski definition) is 0. The molecule has 2 rings (SSSR count). The first-order valence-corrected chi connectivity index (χ1v) is 11.2. The van der Waals surface area contributed by atoms with Gasteiger partial charge in [0.1, 0.15) is 0 Å². The number of methoxy groups -OCH3 is 2. The third-order valence-corrected chi connectivity index (χ3v) is 6.18. The van der Waals surface area contributed by atoms with Crippen LogP contribution in [0.4, 0.5) is 0 Å². The normalized spacial score (nSPS) is 13.1. The summed E-state index contributed by atoms with van der Waals surface area (Å²) in [6, 6.07) is 18.5. The Balaban J connectivity index is 1.97. The maximum absolute atomic E-state index is 11.7. The van der Waals surface area contributed by atoms with Crippen LogP contribution in [-0.4, -0.2) is 45.2 Å². The topological polar surface area (TPSA) is 62.6 Å². The summed E-state index contributed by atoms with van der Waals surface area (Å²) in [5.74, 6) is -0.104. The molecule has 0 spiro atoms. The van der Waals surface area contributed by atoms with Crippen LogP contribution in [0.15, 0.2) is 48.5 Å². The van der Waals surface area contributed by atoms with Gasteiger partial charge in [0.05, 0.1) is 30.8 Å². The molecule has 5 nitrogen and oxygen atoms in total. The van der Waals surface area contributed by atoms with Crippen molar-refractivity contribution in [2.24, 2.45) is 5.92 Å². The minimum atomic E-state index is -0.514. The first kappa shape index (κ1) is 25.6. The number of nitrogens with zero attached hydrogens (tertiary/aromatic N) is 2. The van der Waals surface area contributed by atoms with Crippen molar-refractivity contribution >= 4 is 5.97 Å². The van der Waals surface area contributed by atoms with Crippen LogP contribution in [0.25, 0.3) is 0 Å². The third kappa shape index (κ3) is 6.66. The van der Waals surface area contributed by atoms with Gasteiger partial charge in [0.25, 0.3) is 0 Å². The van der Waals surface area contributed by atoms with E-state index >= 15 is 0 Å². The number of ether oxygens (including phenoxy) is 2. The first-order chi connectivity index (χ1) is 15.4. The van der Waals surface area contributed by atoms with Crippen LogP contribution in [0.5, 0.6) is 0 Å². The number of benzene rings is 2. The Labute approximate surface area is 193 Å². The lowest BCUT2D eigenvalue weighted by molar-refractivity contribution is 0.0600. The summed E-state index contributed by atoms with van der Waals surface area (Å²) in [6.45, 7) is 6.60. The molecule has 2 aromatic rings. The lowest BCUT2D eigenvalue weighted by Crippen LogP contribution is -2.32. The van der Waals surface area contributed by atoms with Crippen molar-refractivity contribution in [2.45, 2.75) is 45.1 Å². The molecule has 0 amide bonds. The number of carbonyl (C=O) groups excluding carboxylic acids is 1. The van der Waals surface area contributed by atoms with Gasteiger partial charge in [-0.2, -0.15) is 5.26 Å². The standard InChI is InChI=1S/C27H36N2O3/c1-21(2)27(20-28,25-12-7-10-23(18-25)19-31-4)14-8-15-29(3)16-13-22-9-6-11-24(17-22)26(30)32-5/h6-7,9-12,17-18,21H,8,13-16,19H2,1-5H3. The quantitative estimate of drug-likeness (QED) is 0.439. The molecule has 0 radical (unpaired) electrons. The van der Waals surface area contributed by atoms with Gasteiger partial charge in [-0.25, -0.2) is 4.79 Å². The molecule has 1 atom stereocenters. The zero-order valence-corrected chi connectivity index (χ0v) is 20.1. The molecule has 0 saturated heterocycles.